The molecule has 0 aliphatic carbocycles. The van der Waals surface area contributed by atoms with Gasteiger partial charge in [-0.3, -0.25) is 14.5 Å². The lowest BCUT2D eigenvalue weighted by atomic mass is 10.2. The largest absolute Gasteiger partial charge is 0.497 e. The van der Waals surface area contributed by atoms with Crippen LogP contribution in [0.5, 0.6) is 5.75 Å². The van der Waals surface area contributed by atoms with Crippen LogP contribution in [0.1, 0.15) is 16.3 Å². The second-order valence-corrected chi connectivity index (χ2v) is 7.17. The number of hydrogen-bond acceptors (Lipinski definition) is 7. The van der Waals surface area contributed by atoms with Gasteiger partial charge in [0, 0.05) is 28.7 Å². The number of amides is 1. The molecule has 5 aromatic rings. The van der Waals surface area contributed by atoms with Crippen LogP contribution in [0, 0.1) is 0 Å². The van der Waals surface area contributed by atoms with Gasteiger partial charge in [0.05, 0.1) is 36.6 Å². The van der Waals surface area contributed by atoms with E-state index in [1.54, 1.807) is 25.6 Å². The minimum Gasteiger partial charge on any atom is -0.497 e. The molecule has 32 heavy (non-hydrogen) atoms. The Labute approximate surface area is 182 Å². The molecule has 0 bridgehead atoms. The predicted molar refractivity (Wildman–Crippen MR) is 121 cm³/mol. The van der Waals surface area contributed by atoms with Crippen molar-refractivity contribution in [2.45, 2.75) is 6.54 Å². The first-order valence-electron chi connectivity index (χ1n) is 9.89. The van der Waals surface area contributed by atoms with E-state index in [0.29, 0.717) is 23.6 Å². The Morgan fingerprint density at radius 1 is 1.12 bits per heavy atom. The molecule has 9 heteroatoms. The summed E-state index contributed by atoms with van der Waals surface area (Å²) in [6.07, 6.45) is 3.58. The molecule has 3 N–H and O–H groups in total. The normalized spacial score (nSPS) is 11.0. The lowest BCUT2D eigenvalue weighted by molar-refractivity contribution is 0.0991. The molecule has 0 unspecified atom stereocenters. The zero-order valence-corrected chi connectivity index (χ0v) is 17.2. The van der Waals surface area contributed by atoms with Crippen molar-refractivity contribution in [3.63, 3.8) is 0 Å². The molecule has 3 aromatic heterocycles. The Morgan fingerprint density at radius 3 is 2.81 bits per heavy atom. The van der Waals surface area contributed by atoms with Crippen molar-refractivity contribution in [1.82, 2.24) is 24.7 Å². The predicted octanol–water partition coefficient (Wildman–Crippen LogP) is 3.27. The van der Waals surface area contributed by atoms with Gasteiger partial charge in [0.1, 0.15) is 11.6 Å². The fraction of sp³-hybridized carbons (Fsp3) is 0.0870. The van der Waals surface area contributed by atoms with Crippen LogP contribution in [0.3, 0.4) is 0 Å². The standard InChI is InChI=1S/C23H19N7O2/c1-32-17-6-7-18-19(11-17)28-23(21(24)31)29-22(18)27-15-5-8-20-14(10-15)12-26-30(20)13-16-4-2-3-9-25-16/h2-12H,13H2,1H3,(H2,24,31)(H,27,28,29). The highest BCUT2D eigenvalue weighted by molar-refractivity contribution is 5.97. The molecule has 0 spiro atoms. The number of nitrogens with one attached hydrogen (secondary N) is 1. The van der Waals surface area contributed by atoms with Gasteiger partial charge >= 0.3 is 0 Å². The summed E-state index contributed by atoms with van der Waals surface area (Å²) in [5.41, 5.74) is 8.70. The average molecular weight is 425 g/mol. The van der Waals surface area contributed by atoms with E-state index in [4.69, 9.17) is 10.5 Å². The minimum atomic E-state index is -0.705. The van der Waals surface area contributed by atoms with E-state index in [2.05, 4.69) is 25.4 Å². The van der Waals surface area contributed by atoms with E-state index in [1.165, 1.54) is 0 Å². The van der Waals surface area contributed by atoms with Gasteiger partial charge in [-0.15, -0.1) is 0 Å². The third-order valence-electron chi connectivity index (χ3n) is 5.07. The first kappa shape index (κ1) is 19.4. The number of anilines is 2. The van der Waals surface area contributed by atoms with Crippen LogP contribution >= 0.6 is 0 Å². The maximum absolute atomic E-state index is 11.8. The third kappa shape index (κ3) is 3.67. The van der Waals surface area contributed by atoms with Crippen molar-refractivity contribution in [1.29, 1.82) is 0 Å². The number of ether oxygens (including phenoxy) is 1. The molecule has 0 fully saturated rings. The molecule has 5 rings (SSSR count). The lowest BCUT2D eigenvalue weighted by Gasteiger charge is -2.11. The number of carbonyl (C=O) groups excluding carboxylic acids is 1. The van der Waals surface area contributed by atoms with Crippen LogP contribution in [0.4, 0.5) is 11.5 Å². The van der Waals surface area contributed by atoms with Crippen molar-refractivity contribution in [3.05, 3.63) is 78.5 Å². The van der Waals surface area contributed by atoms with E-state index in [-0.39, 0.29) is 5.82 Å². The monoisotopic (exact) mass is 425 g/mol. The number of nitrogens with zero attached hydrogens (tertiary/aromatic N) is 5. The number of rotatable bonds is 6. The second-order valence-electron chi connectivity index (χ2n) is 7.17. The van der Waals surface area contributed by atoms with Gasteiger partial charge in [0.25, 0.3) is 5.91 Å². The van der Waals surface area contributed by atoms with Crippen molar-refractivity contribution in [2.75, 3.05) is 12.4 Å². The van der Waals surface area contributed by atoms with Gasteiger partial charge in [-0.05, 0) is 42.5 Å². The molecular formula is C23H19N7O2. The summed E-state index contributed by atoms with van der Waals surface area (Å²) in [4.78, 5) is 24.7. The topological polar surface area (TPSA) is 121 Å². The number of nitrogens with two attached hydrogens (primary N) is 1. The Balaban J connectivity index is 1.50. The zero-order chi connectivity index (χ0) is 22.1. The fourth-order valence-corrected chi connectivity index (χ4v) is 3.51. The highest BCUT2D eigenvalue weighted by Crippen LogP contribution is 2.28. The molecule has 2 aromatic carbocycles. The van der Waals surface area contributed by atoms with Crippen molar-refractivity contribution < 1.29 is 9.53 Å². The maximum atomic E-state index is 11.8. The molecule has 158 valence electrons. The minimum absolute atomic E-state index is 0.0717. The number of methoxy groups -OCH3 is 1. The molecule has 9 nitrogen and oxygen atoms in total. The van der Waals surface area contributed by atoms with Crippen LogP contribution in [0.2, 0.25) is 0 Å². The summed E-state index contributed by atoms with van der Waals surface area (Å²) >= 11 is 0. The molecule has 0 radical (unpaired) electrons. The number of primary amides is 1. The Morgan fingerprint density at radius 2 is 2.03 bits per heavy atom. The van der Waals surface area contributed by atoms with Crippen molar-refractivity contribution in [2.24, 2.45) is 5.73 Å². The van der Waals surface area contributed by atoms with Gasteiger partial charge in [-0.2, -0.15) is 5.10 Å². The van der Waals surface area contributed by atoms with Gasteiger partial charge in [-0.25, -0.2) is 9.97 Å². The summed E-state index contributed by atoms with van der Waals surface area (Å²) < 4.78 is 7.16. The van der Waals surface area contributed by atoms with Crippen LogP contribution in [0.15, 0.2) is 67.0 Å². The molecule has 0 aliphatic heterocycles. The molecule has 1 amide bonds. The number of aromatic nitrogens is 5. The summed E-state index contributed by atoms with van der Waals surface area (Å²) in [5, 5.41) is 9.47. The summed E-state index contributed by atoms with van der Waals surface area (Å²) in [6, 6.07) is 17.1. The highest BCUT2D eigenvalue weighted by Gasteiger charge is 2.13. The molecule has 0 atom stereocenters. The van der Waals surface area contributed by atoms with E-state index in [1.807, 2.05) is 53.2 Å². The number of benzene rings is 2. The van der Waals surface area contributed by atoms with Gasteiger partial charge in [0.15, 0.2) is 0 Å². The molecule has 0 saturated heterocycles. The molecule has 3 heterocycles. The quantitative estimate of drug-likeness (QED) is 0.428. The number of carbonyl (C=O) groups is 1. The molecule has 0 aliphatic rings. The van der Waals surface area contributed by atoms with Crippen LogP contribution < -0.4 is 15.8 Å². The second kappa shape index (κ2) is 7.95. The van der Waals surface area contributed by atoms with Crippen LogP contribution in [-0.2, 0) is 6.54 Å². The van der Waals surface area contributed by atoms with Crippen molar-refractivity contribution >= 4 is 39.2 Å². The summed E-state index contributed by atoms with van der Waals surface area (Å²) in [7, 11) is 1.57. The molecule has 0 saturated carbocycles. The van der Waals surface area contributed by atoms with Crippen LogP contribution in [0.25, 0.3) is 21.8 Å². The Kier molecular flexibility index (Phi) is 4.83. The van der Waals surface area contributed by atoms with Crippen LogP contribution in [-0.4, -0.2) is 37.7 Å². The zero-order valence-electron chi connectivity index (χ0n) is 17.2. The van der Waals surface area contributed by atoms with E-state index in [0.717, 1.165) is 27.7 Å². The Hall–Kier alpha value is -4.53. The Bertz CT molecular complexity index is 1450. The SMILES string of the molecule is COc1ccc2c(Nc3ccc4c(cnn4Cc4ccccn4)c3)nc(C(N)=O)nc2c1. The highest BCUT2D eigenvalue weighted by atomic mass is 16.5. The maximum Gasteiger partial charge on any atom is 0.286 e. The number of fused-ring (bicyclic) bond motifs is 2. The smallest absolute Gasteiger partial charge is 0.286 e. The first-order valence-corrected chi connectivity index (χ1v) is 9.89. The number of hydrogen-bond donors (Lipinski definition) is 2. The lowest BCUT2D eigenvalue weighted by Crippen LogP contribution is -2.16. The number of pyridine rings is 1. The average Bonchev–Trinajstić information content (AvgIpc) is 3.21. The summed E-state index contributed by atoms with van der Waals surface area (Å²) in [5.74, 6) is 0.326. The van der Waals surface area contributed by atoms with Gasteiger partial charge in [-0.1, -0.05) is 6.07 Å². The third-order valence-corrected chi connectivity index (χ3v) is 5.07. The van der Waals surface area contributed by atoms with Gasteiger partial charge < -0.3 is 15.8 Å². The molecular weight excluding hydrogens is 406 g/mol. The van der Waals surface area contributed by atoms with E-state index < -0.39 is 5.91 Å². The van der Waals surface area contributed by atoms with Gasteiger partial charge in [0.2, 0.25) is 5.82 Å². The fourth-order valence-electron chi connectivity index (χ4n) is 3.51. The first-order chi connectivity index (χ1) is 15.6. The van der Waals surface area contributed by atoms with E-state index >= 15 is 0 Å². The van der Waals surface area contributed by atoms with Crippen molar-refractivity contribution in [3.8, 4) is 5.75 Å². The van der Waals surface area contributed by atoms with E-state index in [9.17, 15) is 4.79 Å². The summed E-state index contributed by atoms with van der Waals surface area (Å²) in [6.45, 7) is 0.581.